The normalized spacial score (nSPS) is 24.1. The molecule has 2 aliphatic rings. The van der Waals surface area contributed by atoms with Gasteiger partial charge in [0.2, 0.25) is 5.91 Å². The van der Waals surface area contributed by atoms with Crippen LogP contribution in [-0.2, 0) is 19.4 Å². The zero-order valence-corrected chi connectivity index (χ0v) is 18.1. The van der Waals surface area contributed by atoms with E-state index in [1.807, 2.05) is 24.3 Å². The van der Waals surface area contributed by atoms with Gasteiger partial charge in [-0.05, 0) is 37.8 Å². The molecule has 2 aliphatic heterocycles. The van der Waals surface area contributed by atoms with E-state index in [-0.39, 0.29) is 35.8 Å². The summed E-state index contributed by atoms with van der Waals surface area (Å²) < 4.78 is 23.3. The van der Waals surface area contributed by atoms with Crippen LogP contribution in [0.5, 0.6) is 0 Å². The van der Waals surface area contributed by atoms with Gasteiger partial charge in [0.05, 0.1) is 11.5 Å². The standard InChI is InChI=1S/C21H30N2O3S.CH2O2/c1-2-3-12-23-13-9-19(17-7-5-4-6-8-17)20(16-23)22-21(24)18-10-14-27(25,26)15-11-18;2-1-3/h2,4-8,18-20H,1,3,9-16H2,(H,22,24);1H,(H,2,3)/t19-,20-;/m0./s1. The van der Waals surface area contributed by atoms with Crippen molar-refractivity contribution < 1.29 is 23.1 Å². The third-order valence-corrected chi connectivity index (χ3v) is 7.54. The number of likely N-dealkylation sites (tertiary alicyclic amines) is 1. The van der Waals surface area contributed by atoms with Gasteiger partial charge in [0.1, 0.15) is 9.84 Å². The lowest BCUT2D eigenvalue weighted by molar-refractivity contribution is -0.126. The van der Waals surface area contributed by atoms with Crippen LogP contribution in [0, 0.1) is 5.92 Å². The number of sulfone groups is 1. The number of nitrogens with one attached hydrogen (secondary N) is 1. The summed E-state index contributed by atoms with van der Waals surface area (Å²) in [6.45, 7) is 6.35. The van der Waals surface area contributed by atoms with E-state index < -0.39 is 9.84 Å². The quantitative estimate of drug-likeness (QED) is 0.523. The molecule has 0 bridgehead atoms. The molecule has 0 aromatic heterocycles. The van der Waals surface area contributed by atoms with Crippen molar-refractivity contribution in [3.8, 4) is 0 Å². The van der Waals surface area contributed by atoms with Gasteiger partial charge < -0.3 is 15.3 Å². The fourth-order valence-corrected chi connectivity index (χ4v) is 5.69. The second-order valence-corrected chi connectivity index (χ2v) is 10.1. The second kappa shape index (κ2) is 11.9. The number of rotatable bonds is 6. The number of piperidine rings is 1. The number of carbonyl (C=O) groups is 2. The molecular weight excluding hydrogens is 404 g/mol. The zero-order valence-electron chi connectivity index (χ0n) is 17.3. The average Bonchev–Trinajstić information content (AvgIpc) is 2.73. The fourth-order valence-electron chi connectivity index (χ4n) is 4.19. The summed E-state index contributed by atoms with van der Waals surface area (Å²) >= 11 is 0. The maximum absolute atomic E-state index is 12.8. The number of hydrogen-bond acceptors (Lipinski definition) is 5. The highest BCUT2D eigenvalue weighted by atomic mass is 32.2. The van der Waals surface area contributed by atoms with Gasteiger partial charge in [-0.2, -0.15) is 0 Å². The molecule has 0 unspecified atom stereocenters. The zero-order chi connectivity index (χ0) is 22.0. The molecule has 3 rings (SSSR count). The Hall–Kier alpha value is -2.19. The van der Waals surface area contributed by atoms with Crippen LogP contribution in [0.1, 0.15) is 37.2 Å². The van der Waals surface area contributed by atoms with Crippen molar-refractivity contribution in [1.29, 1.82) is 0 Å². The number of nitrogens with zero attached hydrogens (tertiary/aromatic N) is 1. The Kier molecular flexibility index (Phi) is 9.52. The first-order valence-corrected chi connectivity index (χ1v) is 12.2. The first-order chi connectivity index (χ1) is 14.4. The first-order valence-electron chi connectivity index (χ1n) is 10.4. The third-order valence-electron chi connectivity index (χ3n) is 5.83. The lowest BCUT2D eigenvalue weighted by atomic mass is 9.84. The van der Waals surface area contributed by atoms with Crippen LogP contribution in [0.4, 0.5) is 0 Å². The van der Waals surface area contributed by atoms with E-state index in [2.05, 4.69) is 28.9 Å². The van der Waals surface area contributed by atoms with Gasteiger partial charge in [-0.25, -0.2) is 8.42 Å². The minimum atomic E-state index is -2.95. The van der Waals surface area contributed by atoms with E-state index in [9.17, 15) is 13.2 Å². The minimum absolute atomic E-state index is 0.0152. The molecule has 0 saturated carbocycles. The summed E-state index contributed by atoms with van der Waals surface area (Å²) in [5.74, 6) is 0.379. The number of carboxylic acid groups (broad SMARTS) is 1. The van der Waals surface area contributed by atoms with E-state index in [0.29, 0.717) is 18.8 Å². The lowest BCUT2D eigenvalue weighted by Gasteiger charge is -2.40. The highest BCUT2D eigenvalue weighted by Gasteiger charge is 2.34. The number of amides is 1. The van der Waals surface area contributed by atoms with Crippen LogP contribution >= 0.6 is 0 Å². The molecule has 1 aromatic rings. The van der Waals surface area contributed by atoms with Crippen molar-refractivity contribution in [2.45, 2.75) is 37.6 Å². The smallest absolute Gasteiger partial charge is 0.290 e. The average molecular weight is 437 g/mol. The largest absolute Gasteiger partial charge is 0.483 e. The molecule has 2 fully saturated rings. The van der Waals surface area contributed by atoms with Crippen LogP contribution in [0.25, 0.3) is 0 Å². The molecule has 7 nitrogen and oxygen atoms in total. The molecule has 2 atom stereocenters. The van der Waals surface area contributed by atoms with Gasteiger partial charge in [0.25, 0.3) is 6.47 Å². The molecule has 2 N–H and O–H groups in total. The van der Waals surface area contributed by atoms with E-state index in [0.717, 1.165) is 32.5 Å². The van der Waals surface area contributed by atoms with Gasteiger partial charge in [-0.3, -0.25) is 9.59 Å². The highest BCUT2D eigenvalue weighted by molar-refractivity contribution is 7.91. The number of carbonyl (C=O) groups excluding carboxylic acids is 1. The summed E-state index contributed by atoms with van der Waals surface area (Å²) in [6, 6.07) is 10.4. The first kappa shape index (κ1) is 24.1. The maximum Gasteiger partial charge on any atom is 0.290 e. The number of hydrogen-bond donors (Lipinski definition) is 2. The van der Waals surface area contributed by atoms with Crippen LogP contribution in [0.3, 0.4) is 0 Å². The van der Waals surface area contributed by atoms with Gasteiger partial charge in [0, 0.05) is 31.0 Å². The van der Waals surface area contributed by atoms with Gasteiger partial charge in [-0.15, -0.1) is 6.58 Å². The molecule has 1 amide bonds. The second-order valence-electron chi connectivity index (χ2n) is 7.83. The lowest BCUT2D eigenvalue weighted by Crippen LogP contribution is -2.53. The monoisotopic (exact) mass is 436 g/mol. The Bertz CT molecular complexity index is 783. The molecule has 8 heteroatoms. The van der Waals surface area contributed by atoms with Crippen molar-refractivity contribution in [3.05, 3.63) is 48.6 Å². The predicted molar refractivity (Wildman–Crippen MR) is 117 cm³/mol. The Morgan fingerprint density at radius 2 is 1.83 bits per heavy atom. The summed E-state index contributed by atoms with van der Waals surface area (Å²) in [7, 11) is -2.95. The van der Waals surface area contributed by atoms with Crippen molar-refractivity contribution >= 4 is 22.2 Å². The fraction of sp³-hybridized carbons (Fsp3) is 0.545. The van der Waals surface area contributed by atoms with Crippen LogP contribution < -0.4 is 5.32 Å². The van der Waals surface area contributed by atoms with E-state index in [1.165, 1.54) is 5.56 Å². The Balaban J connectivity index is 0.00000101. The van der Waals surface area contributed by atoms with E-state index >= 15 is 0 Å². The Morgan fingerprint density at radius 1 is 1.20 bits per heavy atom. The topological polar surface area (TPSA) is 104 Å². The summed E-state index contributed by atoms with van der Waals surface area (Å²) in [5, 5.41) is 10.2. The summed E-state index contributed by atoms with van der Waals surface area (Å²) in [5.41, 5.74) is 1.26. The molecule has 2 saturated heterocycles. The maximum atomic E-state index is 12.8. The van der Waals surface area contributed by atoms with Crippen LogP contribution in [0.15, 0.2) is 43.0 Å². The van der Waals surface area contributed by atoms with Gasteiger partial charge >= 0.3 is 0 Å². The molecule has 166 valence electrons. The highest BCUT2D eigenvalue weighted by Crippen LogP contribution is 2.29. The van der Waals surface area contributed by atoms with Crippen LogP contribution in [0.2, 0.25) is 0 Å². The molecule has 30 heavy (non-hydrogen) atoms. The molecule has 0 aliphatic carbocycles. The molecule has 0 spiro atoms. The van der Waals surface area contributed by atoms with E-state index in [1.54, 1.807) is 0 Å². The van der Waals surface area contributed by atoms with E-state index in [4.69, 9.17) is 9.90 Å². The molecule has 1 aromatic carbocycles. The molecule has 2 heterocycles. The minimum Gasteiger partial charge on any atom is -0.483 e. The predicted octanol–water partition coefficient (Wildman–Crippen LogP) is 2.06. The van der Waals surface area contributed by atoms with Crippen molar-refractivity contribution in [3.63, 3.8) is 0 Å². The SMILES string of the molecule is C=CCCN1CC[C@@H](c2ccccc2)[C@@H](NC(=O)C2CCS(=O)(=O)CC2)C1.O=CO. The number of benzene rings is 1. The Labute approximate surface area is 179 Å². The van der Waals surface area contributed by atoms with Gasteiger partial charge in [0.15, 0.2) is 0 Å². The van der Waals surface area contributed by atoms with Crippen LogP contribution in [-0.4, -0.2) is 68.0 Å². The molecule has 0 radical (unpaired) electrons. The third kappa shape index (κ3) is 7.25. The molecular formula is C22H32N2O5S. The summed E-state index contributed by atoms with van der Waals surface area (Å²) in [6.07, 6.45) is 4.76. The Morgan fingerprint density at radius 3 is 2.43 bits per heavy atom. The van der Waals surface area contributed by atoms with Crippen molar-refractivity contribution in [1.82, 2.24) is 10.2 Å². The van der Waals surface area contributed by atoms with Crippen molar-refractivity contribution in [2.75, 3.05) is 31.1 Å². The van der Waals surface area contributed by atoms with Crippen molar-refractivity contribution in [2.24, 2.45) is 5.92 Å². The van der Waals surface area contributed by atoms with Gasteiger partial charge in [-0.1, -0.05) is 36.4 Å². The summed E-state index contributed by atoms with van der Waals surface area (Å²) in [4.78, 5) is 23.6.